The monoisotopic (exact) mass is 424 g/mol. The second-order valence-electron chi connectivity index (χ2n) is 8.84. The summed E-state index contributed by atoms with van der Waals surface area (Å²) in [6, 6.07) is 12.8. The lowest BCUT2D eigenvalue weighted by molar-refractivity contribution is 0.183. The molecule has 0 bridgehead atoms. The molecule has 5 heteroatoms. The van der Waals surface area contributed by atoms with E-state index in [1.807, 2.05) is 12.1 Å². The molecule has 168 valence electrons. The van der Waals surface area contributed by atoms with E-state index in [2.05, 4.69) is 41.4 Å². The molecule has 0 aromatic heterocycles. The lowest BCUT2D eigenvalue weighted by Crippen LogP contribution is -2.35. The van der Waals surface area contributed by atoms with Crippen LogP contribution in [0, 0.1) is 5.92 Å². The number of benzene rings is 2. The van der Waals surface area contributed by atoms with E-state index in [4.69, 9.17) is 14.2 Å². The van der Waals surface area contributed by atoms with Gasteiger partial charge in [0.1, 0.15) is 23.9 Å². The average molecular weight is 425 g/mol. The predicted octanol–water partition coefficient (Wildman–Crippen LogP) is 4.78. The number of likely N-dealkylation sites (tertiary alicyclic amines) is 1. The standard InChI is InChI=1S/C26H36N2O3/c1-19-17-22-23(26(30-3)12-11-25(22)29-2)18-24(19)27-20-7-9-21(10-8-20)31-16-15-28-13-5-4-6-14-28/h7-12,19,24,27H,4-6,13-18H2,1-3H3/t19-,24+/m0/s1. The number of hydrogen-bond donors (Lipinski definition) is 1. The number of nitrogens with zero attached hydrogens (tertiary/aromatic N) is 1. The summed E-state index contributed by atoms with van der Waals surface area (Å²) in [4.78, 5) is 2.50. The first-order valence-corrected chi connectivity index (χ1v) is 11.6. The van der Waals surface area contributed by atoms with Crippen LogP contribution in [-0.4, -0.2) is 51.4 Å². The molecule has 1 N–H and O–H groups in total. The predicted molar refractivity (Wildman–Crippen MR) is 126 cm³/mol. The lowest BCUT2D eigenvalue weighted by atomic mass is 9.80. The van der Waals surface area contributed by atoms with Gasteiger partial charge in [0.15, 0.2) is 0 Å². The Morgan fingerprint density at radius 3 is 2.16 bits per heavy atom. The third-order valence-corrected chi connectivity index (χ3v) is 6.75. The summed E-state index contributed by atoms with van der Waals surface area (Å²) in [5.74, 6) is 3.35. The molecule has 1 fully saturated rings. The number of methoxy groups -OCH3 is 2. The van der Waals surface area contributed by atoms with Gasteiger partial charge >= 0.3 is 0 Å². The Morgan fingerprint density at radius 2 is 1.52 bits per heavy atom. The summed E-state index contributed by atoms with van der Waals surface area (Å²) < 4.78 is 17.2. The SMILES string of the molecule is COc1ccc(OC)c2c1C[C@H](C)[C@H](Nc1ccc(OCCN3CCCCC3)cc1)C2. The van der Waals surface area contributed by atoms with E-state index in [0.717, 1.165) is 48.9 Å². The van der Waals surface area contributed by atoms with Crippen LogP contribution in [0.2, 0.25) is 0 Å². The molecule has 0 radical (unpaired) electrons. The highest BCUT2D eigenvalue weighted by atomic mass is 16.5. The second-order valence-corrected chi connectivity index (χ2v) is 8.84. The van der Waals surface area contributed by atoms with Gasteiger partial charge in [-0.25, -0.2) is 0 Å². The van der Waals surface area contributed by atoms with E-state index in [1.54, 1.807) is 14.2 Å². The minimum Gasteiger partial charge on any atom is -0.496 e. The second kappa shape index (κ2) is 10.3. The molecule has 1 saturated heterocycles. The molecule has 4 rings (SSSR count). The number of hydrogen-bond acceptors (Lipinski definition) is 5. The van der Waals surface area contributed by atoms with Crippen LogP contribution in [0.15, 0.2) is 36.4 Å². The Morgan fingerprint density at radius 1 is 0.871 bits per heavy atom. The third-order valence-electron chi connectivity index (χ3n) is 6.75. The van der Waals surface area contributed by atoms with Gasteiger partial charge in [0.05, 0.1) is 14.2 Å². The molecule has 0 saturated carbocycles. The van der Waals surface area contributed by atoms with Crippen molar-refractivity contribution in [1.82, 2.24) is 4.90 Å². The zero-order valence-electron chi connectivity index (χ0n) is 19.2. The first-order valence-electron chi connectivity index (χ1n) is 11.6. The highest BCUT2D eigenvalue weighted by molar-refractivity contribution is 5.53. The Balaban J connectivity index is 1.35. The van der Waals surface area contributed by atoms with Gasteiger partial charge in [0, 0.05) is 29.4 Å². The molecule has 2 aliphatic rings. The molecule has 1 heterocycles. The number of ether oxygens (including phenoxy) is 3. The van der Waals surface area contributed by atoms with Crippen LogP contribution in [0.3, 0.4) is 0 Å². The molecule has 5 nitrogen and oxygen atoms in total. The Bertz CT molecular complexity index is 846. The summed E-state index contributed by atoms with van der Waals surface area (Å²) in [5, 5.41) is 3.74. The number of rotatable bonds is 8. The first kappa shape index (κ1) is 21.8. The van der Waals surface area contributed by atoms with Crippen LogP contribution in [-0.2, 0) is 12.8 Å². The van der Waals surface area contributed by atoms with Crippen LogP contribution in [0.4, 0.5) is 5.69 Å². The molecule has 0 spiro atoms. The maximum absolute atomic E-state index is 5.98. The van der Waals surface area contributed by atoms with Crippen LogP contribution in [0.1, 0.15) is 37.3 Å². The van der Waals surface area contributed by atoms with E-state index in [0.29, 0.717) is 12.0 Å². The normalized spacial score (nSPS) is 21.3. The van der Waals surface area contributed by atoms with E-state index in [1.165, 1.54) is 43.5 Å². The van der Waals surface area contributed by atoms with Gasteiger partial charge in [-0.2, -0.15) is 0 Å². The number of anilines is 1. The quantitative estimate of drug-likeness (QED) is 0.660. The summed E-state index contributed by atoms with van der Waals surface area (Å²) in [6.45, 7) is 6.50. The summed E-state index contributed by atoms with van der Waals surface area (Å²) in [7, 11) is 3.49. The molecule has 0 unspecified atom stereocenters. The molecule has 31 heavy (non-hydrogen) atoms. The zero-order valence-corrected chi connectivity index (χ0v) is 19.2. The van der Waals surface area contributed by atoms with Gasteiger partial charge in [-0.05, 0) is 81.1 Å². The largest absolute Gasteiger partial charge is 0.496 e. The molecule has 2 aromatic rings. The fraction of sp³-hybridized carbons (Fsp3) is 0.538. The van der Waals surface area contributed by atoms with Crippen molar-refractivity contribution in [2.45, 2.75) is 45.1 Å². The zero-order chi connectivity index (χ0) is 21.6. The van der Waals surface area contributed by atoms with Crippen molar-refractivity contribution < 1.29 is 14.2 Å². The maximum Gasteiger partial charge on any atom is 0.122 e. The van der Waals surface area contributed by atoms with E-state index >= 15 is 0 Å². The molecule has 1 aliphatic carbocycles. The van der Waals surface area contributed by atoms with Gasteiger partial charge in [-0.15, -0.1) is 0 Å². The molecule has 0 amide bonds. The average Bonchev–Trinajstić information content (AvgIpc) is 2.81. The van der Waals surface area contributed by atoms with Crippen molar-refractivity contribution in [3.8, 4) is 17.2 Å². The Hall–Kier alpha value is -2.40. The van der Waals surface area contributed by atoms with Gasteiger partial charge in [0.25, 0.3) is 0 Å². The highest BCUT2D eigenvalue weighted by Gasteiger charge is 2.29. The third kappa shape index (κ3) is 5.27. The van der Waals surface area contributed by atoms with Crippen molar-refractivity contribution in [2.24, 2.45) is 5.92 Å². The van der Waals surface area contributed by atoms with E-state index in [9.17, 15) is 0 Å². The first-order chi connectivity index (χ1) is 15.2. The van der Waals surface area contributed by atoms with Crippen molar-refractivity contribution in [1.29, 1.82) is 0 Å². The van der Waals surface area contributed by atoms with Crippen LogP contribution >= 0.6 is 0 Å². The highest BCUT2D eigenvalue weighted by Crippen LogP contribution is 2.38. The fourth-order valence-corrected chi connectivity index (χ4v) is 4.90. The maximum atomic E-state index is 5.98. The van der Waals surface area contributed by atoms with Gasteiger partial charge < -0.3 is 19.5 Å². The molecular formula is C26H36N2O3. The van der Waals surface area contributed by atoms with Crippen LogP contribution in [0.25, 0.3) is 0 Å². The van der Waals surface area contributed by atoms with Gasteiger partial charge in [-0.1, -0.05) is 13.3 Å². The number of piperidine rings is 1. The van der Waals surface area contributed by atoms with Crippen molar-refractivity contribution in [3.05, 3.63) is 47.5 Å². The molecule has 2 atom stereocenters. The van der Waals surface area contributed by atoms with Crippen LogP contribution < -0.4 is 19.5 Å². The number of fused-ring (bicyclic) bond motifs is 1. The Kier molecular flexibility index (Phi) is 7.23. The van der Waals surface area contributed by atoms with Crippen molar-refractivity contribution in [3.63, 3.8) is 0 Å². The minimum atomic E-state index is 0.347. The van der Waals surface area contributed by atoms with Crippen molar-refractivity contribution in [2.75, 3.05) is 45.8 Å². The van der Waals surface area contributed by atoms with Crippen LogP contribution in [0.5, 0.6) is 17.2 Å². The fourth-order valence-electron chi connectivity index (χ4n) is 4.90. The van der Waals surface area contributed by atoms with Gasteiger partial charge in [-0.3, -0.25) is 4.90 Å². The smallest absolute Gasteiger partial charge is 0.122 e. The van der Waals surface area contributed by atoms with E-state index in [-0.39, 0.29) is 0 Å². The van der Waals surface area contributed by atoms with Crippen molar-refractivity contribution >= 4 is 5.69 Å². The molecular weight excluding hydrogens is 388 g/mol. The molecule has 2 aromatic carbocycles. The minimum absolute atomic E-state index is 0.347. The topological polar surface area (TPSA) is 43.0 Å². The molecule has 1 aliphatic heterocycles. The lowest BCUT2D eigenvalue weighted by Gasteiger charge is -2.33. The van der Waals surface area contributed by atoms with E-state index < -0.39 is 0 Å². The number of nitrogens with one attached hydrogen (secondary N) is 1. The summed E-state index contributed by atoms with van der Waals surface area (Å²) >= 11 is 0. The summed E-state index contributed by atoms with van der Waals surface area (Å²) in [6.07, 6.45) is 5.92. The summed E-state index contributed by atoms with van der Waals surface area (Å²) in [5.41, 5.74) is 3.67. The Labute approximate surface area is 186 Å². The van der Waals surface area contributed by atoms with Gasteiger partial charge in [0.2, 0.25) is 0 Å².